The molecular weight excluding hydrogens is 446 g/mol. The number of para-hydroxylation sites is 1. The summed E-state index contributed by atoms with van der Waals surface area (Å²) in [5.74, 6) is -0.582. The summed E-state index contributed by atoms with van der Waals surface area (Å²) in [5.41, 5.74) is 2.48. The van der Waals surface area contributed by atoms with E-state index < -0.39 is 0 Å². The van der Waals surface area contributed by atoms with E-state index in [9.17, 15) is 14.4 Å². The lowest BCUT2D eigenvalue weighted by molar-refractivity contribution is -0.128. The molecule has 0 atom stereocenters. The molecule has 0 aromatic heterocycles. The van der Waals surface area contributed by atoms with Crippen LogP contribution in [0.4, 0.5) is 5.69 Å². The third-order valence-corrected chi connectivity index (χ3v) is 5.87. The van der Waals surface area contributed by atoms with E-state index >= 15 is 0 Å². The Bertz CT molecular complexity index is 906. The lowest BCUT2D eigenvalue weighted by Crippen LogP contribution is -2.44. The number of carbonyl (C=O) groups excluding carboxylic acids is 3. The number of hydrogen-bond acceptors (Lipinski definition) is 3. The third kappa shape index (κ3) is 5.69. The second-order valence-electron chi connectivity index (χ2n) is 7.35. The quantitative estimate of drug-likeness (QED) is 0.674. The molecule has 1 saturated heterocycles. The molecule has 6 nitrogen and oxygen atoms in total. The fraction of sp³-hybridized carbons (Fsp3) is 0.348. The van der Waals surface area contributed by atoms with Crippen LogP contribution in [0, 0.1) is 5.92 Å². The topological polar surface area (TPSA) is 78.5 Å². The Morgan fingerprint density at radius 3 is 2.37 bits per heavy atom. The molecule has 2 N–H and O–H groups in total. The standard InChI is InChI=1S/C23H26BrN3O3/c1-2-16-5-3-4-6-20(16)26-21(28)15-25-22(29)17-11-13-27(14-12-17)23(30)18-7-9-19(24)10-8-18/h3-10,17H,2,11-15H2,1H3,(H,25,29)(H,26,28). The molecule has 7 heteroatoms. The van der Waals surface area contributed by atoms with Crippen LogP contribution in [0.25, 0.3) is 0 Å². The van der Waals surface area contributed by atoms with Crippen molar-refractivity contribution in [1.29, 1.82) is 0 Å². The number of hydrogen-bond donors (Lipinski definition) is 2. The van der Waals surface area contributed by atoms with E-state index in [4.69, 9.17) is 0 Å². The summed E-state index contributed by atoms with van der Waals surface area (Å²) in [6.45, 7) is 3.03. The minimum atomic E-state index is -0.243. The normalized spacial score (nSPS) is 14.3. The number of anilines is 1. The first-order valence-corrected chi connectivity index (χ1v) is 11.0. The maximum absolute atomic E-state index is 12.6. The molecule has 0 radical (unpaired) electrons. The number of aryl methyl sites for hydroxylation is 1. The zero-order valence-electron chi connectivity index (χ0n) is 17.0. The Kier molecular flexibility index (Phi) is 7.63. The van der Waals surface area contributed by atoms with Crippen LogP contribution in [-0.2, 0) is 16.0 Å². The number of halogens is 1. The van der Waals surface area contributed by atoms with Gasteiger partial charge in [-0.15, -0.1) is 0 Å². The lowest BCUT2D eigenvalue weighted by atomic mass is 9.95. The number of piperidine rings is 1. The van der Waals surface area contributed by atoms with Crippen LogP contribution in [0.5, 0.6) is 0 Å². The smallest absolute Gasteiger partial charge is 0.253 e. The molecule has 1 aliphatic heterocycles. The van der Waals surface area contributed by atoms with Gasteiger partial charge in [-0.05, 0) is 55.2 Å². The van der Waals surface area contributed by atoms with Crippen LogP contribution in [0.3, 0.4) is 0 Å². The van der Waals surface area contributed by atoms with Crippen LogP contribution in [0.1, 0.15) is 35.7 Å². The molecule has 2 aromatic carbocycles. The molecule has 0 spiro atoms. The molecule has 0 bridgehead atoms. The minimum absolute atomic E-state index is 0.0182. The summed E-state index contributed by atoms with van der Waals surface area (Å²) in [7, 11) is 0. The highest BCUT2D eigenvalue weighted by molar-refractivity contribution is 9.10. The first kappa shape index (κ1) is 22.0. The van der Waals surface area contributed by atoms with E-state index in [0.717, 1.165) is 22.1 Å². The van der Waals surface area contributed by atoms with Gasteiger partial charge < -0.3 is 15.5 Å². The molecule has 158 valence electrons. The van der Waals surface area contributed by atoms with Crippen molar-refractivity contribution in [2.24, 2.45) is 5.92 Å². The lowest BCUT2D eigenvalue weighted by Gasteiger charge is -2.31. The second kappa shape index (κ2) is 10.4. The van der Waals surface area contributed by atoms with Crippen molar-refractivity contribution in [3.63, 3.8) is 0 Å². The van der Waals surface area contributed by atoms with Gasteiger partial charge in [0.2, 0.25) is 11.8 Å². The van der Waals surface area contributed by atoms with Gasteiger partial charge in [-0.25, -0.2) is 0 Å². The van der Waals surface area contributed by atoms with Crippen LogP contribution >= 0.6 is 15.9 Å². The molecule has 3 amide bonds. The number of likely N-dealkylation sites (tertiary alicyclic amines) is 1. The molecular formula is C23H26BrN3O3. The summed E-state index contributed by atoms with van der Waals surface area (Å²) in [4.78, 5) is 39.0. The van der Waals surface area contributed by atoms with Crippen molar-refractivity contribution in [3.8, 4) is 0 Å². The first-order valence-electron chi connectivity index (χ1n) is 10.2. The van der Waals surface area contributed by atoms with E-state index in [1.807, 2.05) is 43.3 Å². The molecule has 0 aliphatic carbocycles. The Balaban J connectivity index is 1.44. The molecule has 1 heterocycles. The maximum atomic E-state index is 12.6. The predicted molar refractivity (Wildman–Crippen MR) is 120 cm³/mol. The molecule has 1 aliphatic rings. The highest BCUT2D eigenvalue weighted by atomic mass is 79.9. The SMILES string of the molecule is CCc1ccccc1NC(=O)CNC(=O)C1CCN(C(=O)c2ccc(Br)cc2)CC1. The zero-order valence-corrected chi connectivity index (χ0v) is 18.6. The zero-order chi connectivity index (χ0) is 21.5. The first-order chi connectivity index (χ1) is 14.5. The number of nitrogens with zero attached hydrogens (tertiary/aromatic N) is 1. The third-order valence-electron chi connectivity index (χ3n) is 5.34. The van der Waals surface area contributed by atoms with Gasteiger partial charge in [0.1, 0.15) is 0 Å². The van der Waals surface area contributed by atoms with E-state index in [-0.39, 0.29) is 30.2 Å². The summed E-state index contributed by atoms with van der Waals surface area (Å²) in [6, 6.07) is 14.9. The average Bonchev–Trinajstić information content (AvgIpc) is 2.78. The monoisotopic (exact) mass is 471 g/mol. The van der Waals surface area contributed by atoms with Crippen LogP contribution in [-0.4, -0.2) is 42.3 Å². The van der Waals surface area contributed by atoms with Crippen molar-refractivity contribution in [2.75, 3.05) is 25.0 Å². The van der Waals surface area contributed by atoms with Gasteiger partial charge in [0.05, 0.1) is 6.54 Å². The van der Waals surface area contributed by atoms with Crippen molar-refractivity contribution in [1.82, 2.24) is 10.2 Å². The number of carbonyl (C=O) groups is 3. The van der Waals surface area contributed by atoms with Crippen LogP contribution in [0.2, 0.25) is 0 Å². The van der Waals surface area contributed by atoms with Crippen molar-refractivity contribution >= 4 is 39.3 Å². The van der Waals surface area contributed by atoms with E-state index in [0.29, 0.717) is 31.5 Å². The maximum Gasteiger partial charge on any atom is 0.253 e. The van der Waals surface area contributed by atoms with Crippen molar-refractivity contribution in [3.05, 3.63) is 64.1 Å². The molecule has 0 saturated carbocycles. The highest BCUT2D eigenvalue weighted by Crippen LogP contribution is 2.20. The summed E-state index contributed by atoms with van der Waals surface area (Å²) < 4.78 is 0.927. The molecule has 30 heavy (non-hydrogen) atoms. The Labute approximate surface area is 185 Å². The number of benzene rings is 2. The highest BCUT2D eigenvalue weighted by Gasteiger charge is 2.28. The largest absolute Gasteiger partial charge is 0.347 e. The van der Waals surface area contributed by atoms with Gasteiger partial charge in [0.15, 0.2) is 0 Å². The van der Waals surface area contributed by atoms with Crippen LogP contribution in [0.15, 0.2) is 53.0 Å². The average molecular weight is 472 g/mol. The van der Waals surface area contributed by atoms with E-state index in [1.165, 1.54) is 0 Å². The van der Waals surface area contributed by atoms with Crippen molar-refractivity contribution in [2.45, 2.75) is 26.2 Å². The Hall–Kier alpha value is -2.67. The number of nitrogens with one attached hydrogen (secondary N) is 2. The van der Waals surface area contributed by atoms with Gasteiger partial charge in [0.25, 0.3) is 5.91 Å². The van der Waals surface area contributed by atoms with Crippen molar-refractivity contribution < 1.29 is 14.4 Å². The second-order valence-corrected chi connectivity index (χ2v) is 8.27. The number of amides is 3. The van der Waals surface area contributed by atoms with Crippen LogP contribution < -0.4 is 10.6 Å². The molecule has 2 aromatic rings. The molecule has 3 rings (SSSR count). The minimum Gasteiger partial charge on any atom is -0.347 e. The fourth-order valence-electron chi connectivity index (χ4n) is 3.58. The Morgan fingerprint density at radius 1 is 1.03 bits per heavy atom. The van der Waals surface area contributed by atoms with E-state index in [2.05, 4.69) is 26.6 Å². The summed E-state index contributed by atoms with van der Waals surface area (Å²) >= 11 is 3.37. The number of rotatable bonds is 6. The van der Waals surface area contributed by atoms with E-state index in [1.54, 1.807) is 17.0 Å². The fourth-order valence-corrected chi connectivity index (χ4v) is 3.84. The van der Waals surface area contributed by atoms with Gasteiger partial charge in [-0.3, -0.25) is 14.4 Å². The predicted octanol–water partition coefficient (Wildman–Crippen LogP) is 3.62. The van der Waals surface area contributed by atoms with Gasteiger partial charge >= 0.3 is 0 Å². The molecule has 1 fully saturated rings. The Morgan fingerprint density at radius 2 is 1.70 bits per heavy atom. The van der Waals surface area contributed by atoms with Gasteiger partial charge in [0, 0.05) is 34.7 Å². The summed E-state index contributed by atoms with van der Waals surface area (Å²) in [6.07, 6.45) is 2.00. The van der Waals surface area contributed by atoms with Gasteiger partial charge in [-0.2, -0.15) is 0 Å². The van der Waals surface area contributed by atoms with Gasteiger partial charge in [-0.1, -0.05) is 41.1 Å². The molecule has 0 unspecified atom stereocenters. The summed E-state index contributed by atoms with van der Waals surface area (Å²) in [5, 5.41) is 5.59.